The van der Waals surface area contributed by atoms with Crippen LogP contribution in [0.3, 0.4) is 0 Å². The van der Waals surface area contributed by atoms with Crippen molar-refractivity contribution in [1.29, 1.82) is 0 Å². The minimum absolute atomic E-state index is 0.134. The molecule has 0 bridgehead atoms. The number of anilines is 1. The lowest BCUT2D eigenvalue weighted by Gasteiger charge is -2.43. The summed E-state index contributed by atoms with van der Waals surface area (Å²) in [6.45, 7) is 8.84. The van der Waals surface area contributed by atoms with Gasteiger partial charge in [-0.2, -0.15) is 0 Å². The number of hydrogen-bond donors (Lipinski definition) is 0. The van der Waals surface area contributed by atoms with Gasteiger partial charge in [0.15, 0.2) is 0 Å². The summed E-state index contributed by atoms with van der Waals surface area (Å²) in [5.41, 5.74) is 1.11. The SMILES string of the molecule is CN(C)CCCN1CC2N(C1)c1ccccc1OC2(C)C. The number of para-hydroxylation sites is 2. The van der Waals surface area contributed by atoms with Gasteiger partial charge in [-0.15, -0.1) is 0 Å². The van der Waals surface area contributed by atoms with Gasteiger partial charge in [0.05, 0.1) is 18.4 Å². The summed E-state index contributed by atoms with van der Waals surface area (Å²) >= 11 is 0. The first-order chi connectivity index (χ1) is 9.97. The Morgan fingerprint density at radius 3 is 2.81 bits per heavy atom. The van der Waals surface area contributed by atoms with E-state index in [0.29, 0.717) is 6.04 Å². The maximum Gasteiger partial charge on any atom is 0.143 e. The number of benzene rings is 1. The fourth-order valence-corrected chi connectivity index (χ4v) is 3.46. The van der Waals surface area contributed by atoms with E-state index in [1.54, 1.807) is 0 Å². The second kappa shape index (κ2) is 5.50. The Morgan fingerprint density at radius 2 is 2.05 bits per heavy atom. The van der Waals surface area contributed by atoms with Crippen LogP contribution in [0.2, 0.25) is 0 Å². The van der Waals surface area contributed by atoms with E-state index < -0.39 is 0 Å². The molecule has 0 saturated carbocycles. The quantitative estimate of drug-likeness (QED) is 0.846. The topological polar surface area (TPSA) is 19.0 Å². The molecule has 4 nitrogen and oxygen atoms in total. The van der Waals surface area contributed by atoms with Crippen molar-refractivity contribution in [2.45, 2.75) is 31.9 Å². The molecule has 3 rings (SSSR count). The fourth-order valence-electron chi connectivity index (χ4n) is 3.46. The summed E-state index contributed by atoms with van der Waals surface area (Å²) in [5.74, 6) is 1.02. The molecule has 2 heterocycles. The molecule has 1 aromatic carbocycles. The smallest absolute Gasteiger partial charge is 0.143 e. The van der Waals surface area contributed by atoms with Crippen molar-refractivity contribution < 1.29 is 4.74 Å². The van der Waals surface area contributed by atoms with Crippen molar-refractivity contribution in [3.8, 4) is 5.75 Å². The van der Waals surface area contributed by atoms with Crippen LogP contribution in [0.5, 0.6) is 5.75 Å². The molecule has 1 saturated heterocycles. The van der Waals surface area contributed by atoms with Gasteiger partial charge < -0.3 is 14.5 Å². The van der Waals surface area contributed by atoms with Crippen LogP contribution in [0.1, 0.15) is 20.3 Å². The highest BCUT2D eigenvalue weighted by Crippen LogP contribution is 2.42. The molecule has 2 aliphatic heterocycles. The maximum absolute atomic E-state index is 6.25. The summed E-state index contributed by atoms with van der Waals surface area (Å²) in [7, 11) is 4.28. The highest BCUT2D eigenvalue weighted by atomic mass is 16.5. The van der Waals surface area contributed by atoms with E-state index in [-0.39, 0.29) is 5.60 Å². The van der Waals surface area contributed by atoms with Crippen molar-refractivity contribution in [2.75, 3.05) is 45.3 Å². The Labute approximate surface area is 128 Å². The third kappa shape index (κ3) is 2.87. The molecule has 21 heavy (non-hydrogen) atoms. The Morgan fingerprint density at radius 1 is 1.29 bits per heavy atom. The van der Waals surface area contributed by atoms with Gasteiger partial charge in [-0.25, -0.2) is 0 Å². The molecule has 0 N–H and O–H groups in total. The van der Waals surface area contributed by atoms with Gasteiger partial charge in [-0.3, -0.25) is 4.90 Å². The van der Waals surface area contributed by atoms with Crippen molar-refractivity contribution in [1.82, 2.24) is 9.80 Å². The Hall–Kier alpha value is -1.26. The van der Waals surface area contributed by atoms with Crippen LogP contribution in [0, 0.1) is 0 Å². The Balaban J connectivity index is 1.74. The lowest BCUT2D eigenvalue weighted by Crippen LogP contribution is -2.54. The van der Waals surface area contributed by atoms with Crippen LogP contribution in [0.25, 0.3) is 0 Å². The number of nitrogens with zero attached hydrogens (tertiary/aromatic N) is 3. The summed E-state index contributed by atoms with van der Waals surface area (Å²) in [5, 5.41) is 0. The first kappa shape index (κ1) is 14.7. The normalized spacial score (nSPS) is 23.9. The largest absolute Gasteiger partial charge is 0.483 e. The average molecular weight is 289 g/mol. The zero-order chi connectivity index (χ0) is 15.0. The molecule has 1 aromatic rings. The third-order valence-electron chi connectivity index (χ3n) is 4.59. The molecular formula is C17H27N3O. The molecule has 1 atom stereocenters. The van der Waals surface area contributed by atoms with Crippen molar-refractivity contribution in [2.24, 2.45) is 0 Å². The van der Waals surface area contributed by atoms with Crippen LogP contribution in [-0.4, -0.2) is 61.8 Å². The molecule has 0 aliphatic carbocycles. The van der Waals surface area contributed by atoms with Crippen LogP contribution in [-0.2, 0) is 0 Å². The lowest BCUT2D eigenvalue weighted by molar-refractivity contribution is 0.0705. The molecule has 1 fully saturated rings. The van der Waals surface area contributed by atoms with Crippen LogP contribution in [0.4, 0.5) is 5.69 Å². The molecule has 1 unspecified atom stereocenters. The van der Waals surface area contributed by atoms with Gasteiger partial charge in [-0.1, -0.05) is 12.1 Å². The van der Waals surface area contributed by atoms with Crippen LogP contribution in [0.15, 0.2) is 24.3 Å². The van der Waals surface area contributed by atoms with Crippen molar-refractivity contribution in [3.05, 3.63) is 24.3 Å². The molecule has 0 spiro atoms. The van der Waals surface area contributed by atoms with Crippen molar-refractivity contribution in [3.63, 3.8) is 0 Å². The highest BCUT2D eigenvalue weighted by Gasteiger charge is 2.46. The maximum atomic E-state index is 6.25. The number of rotatable bonds is 4. The van der Waals surface area contributed by atoms with E-state index in [9.17, 15) is 0 Å². The van der Waals surface area contributed by atoms with E-state index in [2.05, 4.69) is 66.9 Å². The van der Waals surface area contributed by atoms with Gasteiger partial charge in [0.25, 0.3) is 0 Å². The molecular weight excluding hydrogens is 262 g/mol. The van der Waals surface area contributed by atoms with E-state index >= 15 is 0 Å². The number of hydrogen-bond acceptors (Lipinski definition) is 4. The van der Waals surface area contributed by atoms with Gasteiger partial charge in [-0.05, 0) is 53.0 Å². The third-order valence-corrected chi connectivity index (χ3v) is 4.59. The predicted octanol–water partition coefficient (Wildman–Crippen LogP) is 2.26. The van der Waals surface area contributed by atoms with Crippen LogP contribution >= 0.6 is 0 Å². The second-order valence-electron chi connectivity index (χ2n) is 7.03. The monoisotopic (exact) mass is 289 g/mol. The van der Waals surface area contributed by atoms with Gasteiger partial charge in [0, 0.05) is 13.1 Å². The molecule has 0 radical (unpaired) electrons. The summed E-state index contributed by atoms with van der Waals surface area (Å²) < 4.78 is 6.25. The molecule has 4 heteroatoms. The van der Waals surface area contributed by atoms with Gasteiger partial charge in [0.2, 0.25) is 0 Å². The number of fused-ring (bicyclic) bond motifs is 3. The standard InChI is InChI=1S/C17H27N3O/c1-17(2)16-12-19(11-7-10-18(3)4)13-20(16)14-8-5-6-9-15(14)21-17/h5-6,8-9,16H,7,10-13H2,1-4H3. The van der Waals surface area contributed by atoms with Crippen LogP contribution < -0.4 is 9.64 Å². The van der Waals surface area contributed by atoms with Gasteiger partial charge in [0.1, 0.15) is 11.4 Å². The zero-order valence-electron chi connectivity index (χ0n) is 13.7. The lowest BCUT2D eigenvalue weighted by atomic mass is 9.95. The summed E-state index contributed by atoms with van der Waals surface area (Å²) in [4.78, 5) is 7.33. The Kier molecular flexibility index (Phi) is 3.84. The molecule has 0 amide bonds. The summed E-state index contributed by atoms with van der Waals surface area (Å²) in [6.07, 6.45) is 1.22. The predicted molar refractivity (Wildman–Crippen MR) is 87.0 cm³/mol. The van der Waals surface area contributed by atoms with Crippen molar-refractivity contribution >= 4 is 5.69 Å². The second-order valence-corrected chi connectivity index (χ2v) is 7.03. The number of ether oxygens (including phenoxy) is 1. The fraction of sp³-hybridized carbons (Fsp3) is 0.647. The first-order valence-corrected chi connectivity index (χ1v) is 7.89. The minimum atomic E-state index is -0.134. The van der Waals surface area contributed by atoms with Gasteiger partial charge >= 0.3 is 0 Å². The molecule has 116 valence electrons. The first-order valence-electron chi connectivity index (χ1n) is 7.89. The zero-order valence-corrected chi connectivity index (χ0v) is 13.7. The van der Waals surface area contributed by atoms with E-state index in [1.165, 1.54) is 12.1 Å². The minimum Gasteiger partial charge on any atom is -0.483 e. The van der Waals surface area contributed by atoms with E-state index in [0.717, 1.165) is 32.1 Å². The van der Waals surface area contributed by atoms with E-state index in [4.69, 9.17) is 4.74 Å². The Bertz CT molecular complexity index is 501. The highest BCUT2D eigenvalue weighted by molar-refractivity contribution is 5.62. The van der Waals surface area contributed by atoms with E-state index in [1.807, 2.05) is 0 Å². The average Bonchev–Trinajstić information content (AvgIpc) is 2.83. The molecule has 2 aliphatic rings. The summed E-state index contributed by atoms with van der Waals surface area (Å²) in [6, 6.07) is 8.86. The molecule has 0 aromatic heterocycles.